The Bertz CT molecular complexity index is 1360. The summed E-state index contributed by atoms with van der Waals surface area (Å²) in [6.07, 6.45) is 5.53. The van der Waals surface area contributed by atoms with E-state index in [1.807, 2.05) is 0 Å². The second-order valence-electron chi connectivity index (χ2n) is 12.0. The summed E-state index contributed by atoms with van der Waals surface area (Å²) in [6, 6.07) is 3.18. The topological polar surface area (TPSA) is 183 Å². The monoisotopic (exact) mass is 610 g/mol. The van der Waals surface area contributed by atoms with E-state index in [4.69, 9.17) is 0 Å². The lowest BCUT2D eigenvalue weighted by atomic mass is 9.77. The molecule has 2 aromatic rings. The van der Waals surface area contributed by atoms with Crippen molar-refractivity contribution in [3.8, 4) is 0 Å². The van der Waals surface area contributed by atoms with Crippen molar-refractivity contribution in [2.75, 3.05) is 13.1 Å². The number of aliphatic carboxylic acids is 2. The fourth-order valence-electron chi connectivity index (χ4n) is 6.90. The summed E-state index contributed by atoms with van der Waals surface area (Å²) in [4.78, 5) is 80.3. The molecule has 14 nitrogen and oxygen atoms in total. The summed E-state index contributed by atoms with van der Waals surface area (Å²) in [5.41, 5.74) is 0.799. The number of aromatic nitrogens is 2. The lowest BCUT2D eigenvalue weighted by Gasteiger charge is -2.36. The lowest BCUT2D eigenvalue weighted by molar-refractivity contribution is -0.156. The predicted octanol–water partition coefficient (Wildman–Crippen LogP) is 0.438. The van der Waals surface area contributed by atoms with Gasteiger partial charge in [0, 0.05) is 76.3 Å². The second kappa shape index (κ2) is 12.5. The Labute approximate surface area is 254 Å². The zero-order valence-electron chi connectivity index (χ0n) is 24.7. The summed E-state index contributed by atoms with van der Waals surface area (Å²) in [6.45, 7) is -0.0316. The van der Waals surface area contributed by atoms with E-state index in [-0.39, 0.29) is 37.7 Å². The third kappa shape index (κ3) is 6.06. The zero-order valence-corrected chi connectivity index (χ0v) is 24.7. The third-order valence-electron chi connectivity index (χ3n) is 9.16. The molecular formula is C30H38N6O8. The molecule has 0 bridgehead atoms. The van der Waals surface area contributed by atoms with Crippen LogP contribution in [0.3, 0.4) is 0 Å². The number of carbonyl (C=O) groups is 6. The van der Waals surface area contributed by atoms with Crippen molar-refractivity contribution in [3.05, 3.63) is 48.0 Å². The van der Waals surface area contributed by atoms with Crippen molar-refractivity contribution in [1.29, 1.82) is 0 Å². The minimum absolute atomic E-state index is 0.0158. The van der Waals surface area contributed by atoms with Crippen molar-refractivity contribution in [3.63, 3.8) is 0 Å². The first kappa shape index (κ1) is 30.8. The fourth-order valence-corrected chi connectivity index (χ4v) is 6.90. The molecule has 4 amide bonds. The smallest absolute Gasteiger partial charge is 0.326 e. The molecule has 0 radical (unpaired) electrons. The fraction of sp³-hybridized carbons (Fsp3) is 0.533. The third-order valence-corrected chi connectivity index (χ3v) is 9.16. The van der Waals surface area contributed by atoms with Gasteiger partial charge in [-0.25, -0.2) is 9.59 Å². The number of nitrogens with one attached hydrogen (secondary N) is 2. The molecule has 4 N–H and O–H groups in total. The molecule has 1 saturated carbocycles. The second-order valence-corrected chi connectivity index (χ2v) is 12.0. The predicted molar refractivity (Wildman–Crippen MR) is 154 cm³/mol. The van der Waals surface area contributed by atoms with Crippen LogP contribution < -0.4 is 10.6 Å². The average Bonchev–Trinajstić information content (AvgIpc) is 3.79. The van der Waals surface area contributed by atoms with Crippen LogP contribution in [-0.2, 0) is 33.3 Å². The van der Waals surface area contributed by atoms with Crippen molar-refractivity contribution in [1.82, 2.24) is 29.6 Å². The zero-order chi connectivity index (χ0) is 31.7. The molecule has 44 heavy (non-hydrogen) atoms. The number of hydrogen-bond donors (Lipinski definition) is 4. The van der Waals surface area contributed by atoms with Crippen molar-refractivity contribution >= 4 is 35.6 Å². The van der Waals surface area contributed by atoms with E-state index in [1.54, 1.807) is 59.9 Å². The van der Waals surface area contributed by atoms with Gasteiger partial charge in [0.25, 0.3) is 11.8 Å². The maximum Gasteiger partial charge on any atom is 0.326 e. The summed E-state index contributed by atoms with van der Waals surface area (Å²) >= 11 is 0. The molecule has 0 aromatic carbocycles. The van der Waals surface area contributed by atoms with Crippen molar-refractivity contribution in [2.45, 2.75) is 62.7 Å². The quantitative estimate of drug-likeness (QED) is 0.332. The van der Waals surface area contributed by atoms with Gasteiger partial charge in [-0.3, -0.25) is 19.2 Å². The highest BCUT2D eigenvalue weighted by atomic mass is 16.4. The van der Waals surface area contributed by atoms with E-state index in [1.165, 1.54) is 9.80 Å². The number of hydrogen-bond acceptors (Lipinski definition) is 6. The largest absolute Gasteiger partial charge is 0.480 e. The molecule has 0 spiro atoms. The van der Waals surface area contributed by atoms with Crippen LogP contribution in [0.25, 0.3) is 0 Å². The van der Waals surface area contributed by atoms with E-state index >= 15 is 0 Å². The summed E-state index contributed by atoms with van der Waals surface area (Å²) < 4.78 is 3.28. The number of amides is 4. The Morgan fingerprint density at radius 2 is 1.07 bits per heavy atom. The summed E-state index contributed by atoms with van der Waals surface area (Å²) in [7, 11) is 3.43. The van der Waals surface area contributed by atoms with E-state index in [0.29, 0.717) is 37.1 Å². The van der Waals surface area contributed by atoms with Crippen LogP contribution in [0.2, 0.25) is 0 Å². The van der Waals surface area contributed by atoms with Gasteiger partial charge in [-0.2, -0.15) is 0 Å². The van der Waals surface area contributed by atoms with Crippen LogP contribution in [0, 0.1) is 11.8 Å². The minimum atomic E-state index is -1.20. The summed E-state index contributed by atoms with van der Waals surface area (Å²) in [5.74, 6) is -5.77. The van der Waals surface area contributed by atoms with Gasteiger partial charge in [0.15, 0.2) is 0 Å². The van der Waals surface area contributed by atoms with Crippen LogP contribution in [0.4, 0.5) is 0 Å². The van der Waals surface area contributed by atoms with E-state index < -0.39 is 59.8 Å². The van der Waals surface area contributed by atoms with Gasteiger partial charge in [0.2, 0.25) is 11.8 Å². The lowest BCUT2D eigenvalue weighted by Crippen LogP contribution is -2.51. The molecule has 3 aliphatic rings. The highest BCUT2D eigenvalue weighted by Crippen LogP contribution is 2.36. The molecule has 0 unspecified atom stereocenters. The van der Waals surface area contributed by atoms with Crippen LogP contribution in [-0.4, -0.2) is 102 Å². The first-order valence-corrected chi connectivity index (χ1v) is 14.9. The maximum absolute atomic E-state index is 13.9. The van der Waals surface area contributed by atoms with Gasteiger partial charge >= 0.3 is 11.9 Å². The molecule has 14 heteroatoms. The van der Waals surface area contributed by atoms with Gasteiger partial charge in [0.1, 0.15) is 23.5 Å². The molecule has 6 atom stereocenters. The van der Waals surface area contributed by atoms with Crippen molar-refractivity contribution < 1.29 is 39.0 Å². The number of carboxylic acids is 2. The minimum Gasteiger partial charge on any atom is -0.480 e. The Hall–Kier alpha value is -4.62. The average molecular weight is 611 g/mol. The number of aryl methyl sites for hydroxylation is 2. The van der Waals surface area contributed by atoms with Crippen LogP contribution in [0.1, 0.15) is 59.5 Å². The highest BCUT2D eigenvalue weighted by Gasteiger charge is 2.49. The normalized spacial score (nSPS) is 26.8. The first-order valence-electron chi connectivity index (χ1n) is 14.9. The van der Waals surface area contributed by atoms with Gasteiger partial charge < -0.3 is 39.8 Å². The van der Waals surface area contributed by atoms with Crippen LogP contribution >= 0.6 is 0 Å². The molecule has 4 heterocycles. The van der Waals surface area contributed by atoms with E-state index in [0.717, 1.165) is 0 Å². The van der Waals surface area contributed by atoms with Gasteiger partial charge in [-0.15, -0.1) is 0 Å². The van der Waals surface area contributed by atoms with Gasteiger partial charge in [-0.05, 0) is 37.1 Å². The Kier molecular flexibility index (Phi) is 8.79. The maximum atomic E-state index is 13.9. The van der Waals surface area contributed by atoms with E-state index in [9.17, 15) is 39.0 Å². The SMILES string of the molecule is Cn1cccc1C(=O)N[C@H]1C[C@@H](C(=O)O)N(C(=O)[C@@H]2CCCC[C@H]2C(=O)N2C[C@@H](NC(=O)c3cccn3C)C[C@H]2C(=O)O)C1. The molecule has 3 fully saturated rings. The Morgan fingerprint density at radius 3 is 1.39 bits per heavy atom. The molecule has 236 valence electrons. The molecular weight excluding hydrogens is 572 g/mol. The number of carboxylic acid groups (broad SMARTS) is 2. The van der Waals surface area contributed by atoms with Crippen molar-refractivity contribution in [2.24, 2.45) is 25.9 Å². The molecule has 2 aliphatic heterocycles. The number of carbonyl (C=O) groups excluding carboxylic acids is 4. The standard InChI is InChI=1S/C30H38N6O8/c1-33-11-5-9-21(33)25(37)31-17-13-23(29(41)42)35(15-17)27(39)19-7-3-4-8-20(19)28(40)36-16-18(14-24(36)30(43)44)32-26(38)22-10-6-12-34(22)2/h5-6,9-12,17-20,23-24H,3-4,7-8,13-16H2,1-2H3,(H,31,37)(H,32,38)(H,41,42)(H,43,44)/t17-,18-,19+,20+,23-,24-/m0/s1. The Morgan fingerprint density at radius 1 is 0.682 bits per heavy atom. The number of nitrogens with zero attached hydrogens (tertiary/aromatic N) is 4. The number of likely N-dealkylation sites (tertiary alicyclic amines) is 2. The molecule has 2 saturated heterocycles. The van der Waals surface area contributed by atoms with Gasteiger partial charge in [-0.1, -0.05) is 12.8 Å². The number of rotatable bonds is 8. The first-order chi connectivity index (χ1) is 21.0. The molecule has 1 aliphatic carbocycles. The summed E-state index contributed by atoms with van der Waals surface area (Å²) in [5, 5.41) is 25.6. The highest BCUT2D eigenvalue weighted by molar-refractivity contribution is 5.95. The van der Waals surface area contributed by atoms with Gasteiger partial charge in [0.05, 0.1) is 0 Å². The van der Waals surface area contributed by atoms with E-state index in [2.05, 4.69) is 10.6 Å². The van der Waals surface area contributed by atoms with Crippen LogP contribution in [0.5, 0.6) is 0 Å². The molecule has 5 rings (SSSR count). The molecule has 2 aromatic heterocycles. The Balaban J connectivity index is 1.30. The van der Waals surface area contributed by atoms with Crippen LogP contribution in [0.15, 0.2) is 36.7 Å².